The Hall–Kier alpha value is -0.0800. The minimum absolute atomic E-state index is 0.345. The lowest BCUT2D eigenvalue weighted by molar-refractivity contribution is -0.321. The molecule has 15 heavy (non-hydrogen) atoms. The van der Waals surface area contributed by atoms with E-state index in [9.17, 15) is 0 Å². The van der Waals surface area contributed by atoms with E-state index in [-0.39, 0.29) is 0 Å². The summed E-state index contributed by atoms with van der Waals surface area (Å²) in [5, 5.41) is 0. The zero-order valence-corrected chi connectivity index (χ0v) is 11.0. The highest BCUT2D eigenvalue weighted by molar-refractivity contribution is 4.82. The summed E-state index contributed by atoms with van der Waals surface area (Å²) in [5.41, 5.74) is 0. The van der Waals surface area contributed by atoms with Crippen LogP contribution in [0.3, 0.4) is 0 Å². The zero-order chi connectivity index (χ0) is 11.6. The molecule has 1 heterocycles. The van der Waals surface area contributed by atoms with E-state index in [4.69, 9.17) is 9.47 Å². The molecule has 1 aliphatic rings. The third-order valence-corrected chi connectivity index (χ3v) is 3.15. The molecule has 0 amide bonds. The van der Waals surface area contributed by atoms with Crippen LogP contribution < -0.4 is 0 Å². The fourth-order valence-electron chi connectivity index (χ4n) is 2.39. The number of rotatable bonds is 3. The molecule has 1 aliphatic heterocycles. The molecule has 0 aromatic carbocycles. The van der Waals surface area contributed by atoms with Gasteiger partial charge in [0.05, 0.1) is 12.2 Å². The van der Waals surface area contributed by atoms with Crippen molar-refractivity contribution in [3.8, 4) is 0 Å². The Labute approximate surface area is 94.3 Å². The van der Waals surface area contributed by atoms with Crippen molar-refractivity contribution >= 4 is 0 Å². The fraction of sp³-hybridized carbons (Fsp3) is 1.00. The molecule has 0 aromatic heterocycles. The van der Waals surface area contributed by atoms with Crippen molar-refractivity contribution in [1.82, 2.24) is 0 Å². The van der Waals surface area contributed by atoms with E-state index >= 15 is 0 Å². The Balaban J connectivity index is 2.68. The highest BCUT2D eigenvalue weighted by atomic mass is 16.7. The van der Waals surface area contributed by atoms with Crippen molar-refractivity contribution in [2.45, 2.75) is 72.4 Å². The van der Waals surface area contributed by atoms with E-state index in [0.29, 0.717) is 24.0 Å². The average Bonchev–Trinajstić information content (AvgIpc) is 2.09. The Morgan fingerprint density at radius 2 is 1.67 bits per heavy atom. The van der Waals surface area contributed by atoms with Crippen molar-refractivity contribution in [2.75, 3.05) is 0 Å². The van der Waals surface area contributed by atoms with E-state index in [2.05, 4.69) is 27.7 Å². The molecule has 1 fully saturated rings. The van der Waals surface area contributed by atoms with Crippen molar-refractivity contribution in [2.24, 2.45) is 11.8 Å². The van der Waals surface area contributed by atoms with Gasteiger partial charge in [0.15, 0.2) is 5.79 Å². The van der Waals surface area contributed by atoms with Crippen LogP contribution in [0.5, 0.6) is 0 Å². The molecule has 0 aromatic rings. The first-order valence-electron chi connectivity index (χ1n) is 6.21. The van der Waals surface area contributed by atoms with Gasteiger partial charge in [-0.25, -0.2) is 0 Å². The van der Waals surface area contributed by atoms with Crippen LogP contribution in [0.25, 0.3) is 0 Å². The quantitative estimate of drug-likeness (QED) is 0.714. The van der Waals surface area contributed by atoms with E-state index < -0.39 is 5.79 Å². The third-order valence-electron chi connectivity index (χ3n) is 3.15. The van der Waals surface area contributed by atoms with Crippen molar-refractivity contribution in [3.05, 3.63) is 0 Å². The van der Waals surface area contributed by atoms with Crippen molar-refractivity contribution in [1.29, 1.82) is 0 Å². The van der Waals surface area contributed by atoms with Gasteiger partial charge >= 0.3 is 0 Å². The molecular formula is C13H26O2. The number of ether oxygens (including phenoxy) is 2. The first-order chi connectivity index (χ1) is 6.85. The Morgan fingerprint density at radius 1 is 1.13 bits per heavy atom. The summed E-state index contributed by atoms with van der Waals surface area (Å²) in [6.45, 7) is 13.0. The van der Waals surface area contributed by atoms with Crippen molar-refractivity contribution < 1.29 is 9.47 Å². The predicted octanol–water partition coefficient (Wildman–Crippen LogP) is 3.60. The molecule has 3 atom stereocenters. The van der Waals surface area contributed by atoms with Crippen LogP contribution in [-0.4, -0.2) is 18.0 Å². The first-order valence-corrected chi connectivity index (χ1v) is 6.21. The molecule has 1 saturated heterocycles. The normalized spacial score (nSPS) is 35.8. The average molecular weight is 214 g/mol. The second-order valence-electron chi connectivity index (χ2n) is 5.61. The van der Waals surface area contributed by atoms with Gasteiger partial charge in [0, 0.05) is 5.92 Å². The molecule has 0 N–H and O–H groups in total. The SMILES string of the molecule is CC[C@H]1OC(C)(C)O[C@@H](CC(C)C)[C@@H]1C. The van der Waals surface area contributed by atoms with Crippen LogP contribution in [0.15, 0.2) is 0 Å². The van der Waals surface area contributed by atoms with Gasteiger partial charge in [-0.15, -0.1) is 0 Å². The molecule has 2 heteroatoms. The van der Waals surface area contributed by atoms with E-state index in [0.717, 1.165) is 12.8 Å². The molecule has 0 bridgehead atoms. The number of hydrogen-bond acceptors (Lipinski definition) is 2. The maximum atomic E-state index is 6.01. The van der Waals surface area contributed by atoms with E-state index in [1.165, 1.54) is 0 Å². The van der Waals surface area contributed by atoms with Crippen LogP contribution in [0.1, 0.15) is 54.4 Å². The molecule has 0 radical (unpaired) electrons. The Kier molecular flexibility index (Phi) is 4.19. The first kappa shape index (κ1) is 13.0. The van der Waals surface area contributed by atoms with Crippen LogP contribution in [-0.2, 0) is 9.47 Å². The minimum Gasteiger partial charge on any atom is -0.347 e. The Bertz CT molecular complexity index is 199. The highest BCUT2D eigenvalue weighted by Crippen LogP contribution is 2.34. The zero-order valence-electron chi connectivity index (χ0n) is 11.0. The lowest BCUT2D eigenvalue weighted by atomic mass is 9.88. The van der Waals surface area contributed by atoms with Gasteiger partial charge in [0.1, 0.15) is 0 Å². The highest BCUT2D eigenvalue weighted by Gasteiger charge is 2.39. The summed E-state index contributed by atoms with van der Waals surface area (Å²) >= 11 is 0. The molecule has 0 spiro atoms. The van der Waals surface area contributed by atoms with Gasteiger partial charge in [-0.2, -0.15) is 0 Å². The van der Waals surface area contributed by atoms with Crippen LogP contribution in [0, 0.1) is 11.8 Å². The lowest BCUT2D eigenvalue weighted by Crippen LogP contribution is -2.50. The summed E-state index contributed by atoms with van der Waals surface area (Å²) in [5.74, 6) is 0.779. The van der Waals surface area contributed by atoms with Crippen LogP contribution >= 0.6 is 0 Å². The maximum Gasteiger partial charge on any atom is 0.163 e. The molecule has 90 valence electrons. The van der Waals surface area contributed by atoms with Gasteiger partial charge in [-0.1, -0.05) is 27.7 Å². The molecule has 0 aliphatic carbocycles. The van der Waals surface area contributed by atoms with Crippen LogP contribution in [0.4, 0.5) is 0 Å². The van der Waals surface area contributed by atoms with Crippen molar-refractivity contribution in [3.63, 3.8) is 0 Å². The fourth-order valence-corrected chi connectivity index (χ4v) is 2.39. The summed E-state index contributed by atoms with van der Waals surface area (Å²) in [6.07, 6.45) is 2.89. The van der Waals surface area contributed by atoms with Crippen LogP contribution in [0.2, 0.25) is 0 Å². The van der Waals surface area contributed by atoms with E-state index in [1.807, 2.05) is 13.8 Å². The summed E-state index contributed by atoms with van der Waals surface area (Å²) in [4.78, 5) is 0. The monoisotopic (exact) mass is 214 g/mol. The number of hydrogen-bond donors (Lipinski definition) is 0. The van der Waals surface area contributed by atoms with Gasteiger partial charge in [0.2, 0.25) is 0 Å². The summed E-state index contributed by atoms with van der Waals surface area (Å²) in [6, 6.07) is 0. The summed E-state index contributed by atoms with van der Waals surface area (Å²) in [7, 11) is 0. The maximum absolute atomic E-state index is 6.01. The topological polar surface area (TPSA) is 18.5 Å². The predicted molar refractivity (Wildman–Crippen MR) is 62.7 cm³/mol. The standard InChI is InChI=1S/C13H26O2/c1-7-11-10(4)12(8-9(2)3)15-13(5,6)14-11/h9-12H,7-8H2,1-6H3/t10-,11-,12+/m1/s1. The largest absolute Gasteiger partial charge is 0.347 e. The van der Waals surface area contributed by atoms with Gasteiger partial charge in [-0.3, -0.25) is 0 Å². The third kappa shape index (κ3) is 3.46. The summed E-state index contributed by atoms with van der Waals surface area (Å²) < 4.78 is 11.9. The molecule has 2 nitrogen and oxygen atoms in total. The molecule has 1 rings (SSSR count). The lowest BCUT2D eigenvalue weighted by Gasteiger charge is -2.45. The van der Waals surface area contributed by atoms with Gasteiger partial charge in [-0.05, 0) is 32.6 Å². The minimum atomic E-state index is -0.410. The van der Waals surface area contributed by atoms with E-state index in [1.54, 1.807) is 0 Å². The van der Waals surface area contributed by atoms with Gasteiger partial charge < -0.3 is 9.47 Å². The second kappa shape index (κ2) is 4.84. The smallest absolute Gasteiger partial charge is 0.163 e. The van der Waals surface area contributed by atoms with Gasteiger partial charge in [0.25, 0.3) is 0 Å². The molecular weight excluding hydrogens is 188 g/mol. The molecule has 0 unspecified atom stereocenters. The Morgan fingerprint density at radius 3 is 2.13 bits per heavy atom. The molecule has 0 saturated carbocycles. The second-order valence-corrected chi connectivity index (χ2v) is 5.61.